The number of hydrogen-bond donors (Lipinski definition) is 1. The summed E-state index contributed by atoms with van der Waals surface area (Å²) in [6.07, 6.45) is 0.992. The van der Waals surface area contributed by atoms with Gasteiger partial charge in [-0.1, -0.05) is 0 Å². The van der Waals surface area contributed by atoms with Crippen LogP contribution < -0.4 is 5.73 Å². The van der Waals surface area contributed by atoms with Crippen molar-refractivity contribution in [3.63, 3.8) is 0 Å². The summed E-state index contributed by atoms with van der Waals surface area (Å²) in [6.45, 7) is 7.00. The van der Waals surface area contributed by atoms with E-state index in [4.69, 9.17) is 24.7 Å². The molecule has 0 amide bonds. The summed E-state index contributed by atoms with van der Waals surface area (Å²) < 4.78 is 20.0. The zero-order chi connectivity index (χ0) is 23.1. The predicted molar refractivity (Wildman–Crippen MR) is 102 cm³/mol. The maximum absolute atomic E-state index is 12.9. The Balaban J connectivity index is 4.02. The molecule has 0 spiro atoms. The summed E-state index contributed by atoms with van der Waals surface area (Å²) in [5.74, 6) is -4.20. The molecule has 2 unspecified atom stereocenters. The van der Waals surface area contributed by atoms with Crippen LogP contribution >= 0.6 is 0 Å². The summed E-state index contributed by atoms with van der Waals surface area (Å²) >= 11 is 0. The van der Waals surface area contributed by atoms with Gasteiger partial charge in [-0.2, -0.15) is 5.26 Å². The number of hydrogen-bond acceptors (Lipinski definition) is 10. The molecule has 0 aromatic rings. The van der Waals surface area contributed by atoms with Gasteiger partial charge in [0.15, 0.2) is 0 Å². The minimum atomic E-state index is -2.48. The first-order chi connectivity index (χ1) is 14.1. The van der Waals surface area contributed by atoms with Gasteiger partial charge in [0.05, 0.1) is 49.3 Å². The highest BCUT2D eigenvalue weighted by molar-refractivity contribution is 6.11. The lowest BCUT2D eigenvalue weighted by Gasteiger charge is -2.41. The molecule has 30 heavy (non-hydrogen) atoms. The van der Waals surface area contributed by atoms with Crippen molar-refractivity contribution in [3.8, 4) is 6.07 Å². The Morgan fingerprint density at radius 2 is 1.37 bits per heavy atom. The number of carbonyl (C=O) groups excluding carboxylic acids is 4. The zero-order valence-electron chi connectivity index (χ0n) is 17.7. The molecule has 0 radical (unpaired) electrons. The highest BCUT2D eigenvalue weighted by Gasteiger charge is 2.65. The van der Waals surface area contributed by atoms with Crippen molar-refractivity contribution in [1.29, 1.82) is 5.26 Å². The fourth-order valence-electron chi connectivity index (χ4n) is 3.15. The highest BCUT2D eigenvalue weighted by Crippen LogP contribution is 2.52. The van der Waals surface area contributed by atoms with E-state index < -0.39 is 51.6 Å². The molecule has 164 valence electrons. The minimum absolute atomic E-state index is 0.0381. The topological polar surface area (TPSA) is 155 Å². The van der Waals surface area contributed by atoms with Gasteiger partial charge >= 0.3 is 23.9 Å². The van der Waals surface area contributed by atoms with Gasteiger partial charge in [0, 0.05) is 0 Å². The number of ether oxygens (including phenoxy) is 4. The van der Waals surface area contributed by atoms with Crippen molar-refractivity contribution < 1.29 is 38.1 Å². The van der Waals surface area contributed by atoms with E-state index in [0.29, 0.717) is 0 Å². The Morgan fingerprint density at radius 1 is 0.900 bits per heavy atom. The quantitative estimate of drug-likeness (QED) is 0.440. The molecular formula is C20H26N2O8. The molecule has 0 aromatic carbocycles. The van der Waals surface area contributed by atoms with Crippen molar-refractivity contribution in [2.75, 3.05) is 26.4 Å². The lowest BCUT2D eigenvalue weighted by atomic mass is 9.58. The van der Waals surface area contributed by atoms with Gasteiger partial charge in [0.2, 0.25) is 5.41 Å². The molecule has 1 rings (SSSR count). The third kappa shape index (κ3) is 3.87. The van der Waals surface area contributed by atoms with Crippen LogP contribution in [0.25, 0.3) is 0 Å². The van der Waals surface area contributed by atoms with Crippen LogP contribution in [0, 0.1) is 22.2 Å². The van der Waals surface area contributed by atoms with E-state index in [2.05, 4.69) is 0 Å². The van der Waals surface area contributed by atoms with Crippen LogP contribution in [-0.2, 0) is 38.1 Å². The monoisotopic (exact) mass is 422 g/mol. The number of nitrogens with two attached hydrogens (primary N) is 1. The number of esters is 4. The Morgan fingerprint density at radius 3 is 1.83 bits per heavy atom. The Hall–Kier alpha value is -3.35. The van der Waals surface area contributed by atoms with E-state index >= 15 is 0 Å². The normalized spacial score (nSPS) is 23.0. The molecular weight excluding hydrogens is 396 g/mol. The van der Waals surface area contributed by atoms with E-state index in [-0.39, 0.29) is 26.4 Å². The largest absolute Gasteiger partial charge is 0.465 e. The van der Waals surface area contributed by atoms with Gasteiger partial charge in [0.25, 0.3) is 0 Å². The summed E-state index contributed by atoms with van der Waals surface area (Å²) in [7, 11) is 0. The molecule has 2 N–H and O–H groups in total. The molecule has 10 heteroatoms. The maximum atomic E-state index is 12.9. The SMILES string of the molecule is CCOC(=O)C1=CC(C)(C(=O)OCC)C(C#N)(C(=O)OCC)C(N)=C1C(=O)OCC. The molecule has 2 atom stereocenters. The molecule has 0 aliphatic heterocycles. The van der Waals surface area contributed by atoms with Crippen molar-refractivity contribution in [1.82, 2.24) is 0 Å². The average Bonchev–Trinajstić information content (AvgIpc) is 2.68. The van der Waals surface area contributed by atoms with Crippen LogP contribution in [0.2, 0.25) is 0 Å². The van der Waals surface area contributed by atoms with Gasteiger partial charge in [-0.3, -0.25) is 4.79 Å². The van der Waals surface area contributed by atoms with Crippen molar-refractivity contribution >= 4 is 23.9 Å². The summed E-state index contributed by atoms with van der Waals surface area (Å²) in [4.78, 5) is 51.1. The second-order valence-corrected chi connectivity index (χ2v) is 6.29. The molecule has 1 aliphatic rings. The third-order valence-electron chi connectivity index (χ3n) is 4.58. The number of nitrogens with zero attached hydrogens (tertiary/aromatic N) is 1. The lowest BCUT2D eigenvalue weighted by Crippen LogP contribution is -2.56. The summed E-state index contributed by atoms with van der Waals surface area (Å²) in [6, 6.07) is 1.74. The van der Waals surface area contributed by atoms with Gasteiger partial charge in [-0.25, -0.2) is 14.4 Å². The van der Waals surface area contributed by atoms with Crippen LogP contribution in [0.4, 0.5) is 0 Å². The van der Waals surface area contributed by atoms with E-state index in [1.807, 2.05) is 0 Å². The van der Waals surface area contributed by atoms with Crippen LogP contribution in [0.1, 0.15) is 34.6 Å². The predicted octanol–water partition coefficient (Wildman–Crippen LogP) is 0.908. The average molecular weight is 422 g/mol. The van der Waals surface area contributed by atoms with E-state index in [1.54, 1.807) is 13.0 Å². The Bertz CT molecular complexity index is 838. The highest BCUT2D eigenvalue weighted by atomic mass is 16.5. The molecule has 1 aliphatic carbocycles. The molecule has 0 saturated heterocycles. The molecule has 0 aromatic heterocycles. The van der Waals surface area contributed by atoms with Gasteiger partial charge < -0.3 is 24.7 Å². The van der Waals surface area contributed by atoms with Crippen molar-refractivity contribution in [2.24, 2.45) is 16.6 Å². The van der Waals surface area contributed by atoms with Crippen LogP contribution in [0.5, 0.6) is 0 Å². The van der Waals surface area contributed by atoms with Gasteiger partial charge in [-0.05, 0) is 40.7 Å². The lowest BCUT2D eigenvalue weighted by molar-refractivity contribution is -0.168. The van der Waals surface area contributed by atoms with Gasteiger partial charge in [-0.15, -0.1) is 0 Å². The fourth-order valence-corrected chi connectivity index (χ4v) is 3.15. The van der Waals surface area contributed by atoms with E-state index in [9.17, 15) is 24.4 Å². The molecule has 0 heterocycles. The first kappa shape index (κ1) is 24.7. The maximum Gasteiger partial charge on any atom is 0.340 e. The van der Waals surface area contributed by atoms with Crippen molar-refractivity contribution in [2.45, 2.75) is 34.6 Å². The first-order valence-corrected chi connectivity index (χ1v) is 9.46. The second-order valence-electron chi connectivity index (χ2n) is 6.29. The summed E-state index contributed by atoms with van der Waals surface area (Å²) in [5, 5.41) is 10.0. The molecule has 0 saturated carbocycles. The molecule has 0 fully saturated rings. The van der Waals surface area contributed by atoms with Crippen LogP contribution in [-0.4, -0.2) is 50.3 Å². The van der Waals surface area contributed by atoms with Crippen LogP contribution in [0.3, 0.4) is 0 Å². The van der Waals surface area contributed by atoms with E-state index in [0.717, 1.165) is 6.08 Å². The zero-order valence-corrected chi connectivity index (χ0v) is 17.7. The first-order valence-electron chi connectivity index (χ1n) is 9.46. The second kappa shape index (κ2) is 9.91. The molecule has 10 nitrogen and oxygen atoms in total. The fraction of sp³-hybridized carbons (Fsp3) is 0.550. The van der Waals surface area contributed by atoms with Crippen molar-refractivity contribution in [3.05, 3.63) is 22.9 Å². The third-order valence-corrected chi connectivity index (χ3v) is 4.58. The number of carbonyl (C=O) groups is 4. The minimum Gasteiger partial charge on any atom is -0.465 e. The summed E-state index contributed by atoms with van der Waals surface area (Å²) in [5.41, 5.74) is 0.00459. The van der Waals surface area contributed by atoms with Crippen LogP contribution in [0.15, 0.2) is 22.9 Å². The number of nitriles is 1. The smallest absolute Gasteiger partial charge is 0.340 e. The Kier molecular flexibility index (Phi) is 8.16. The Labute approximate surface area is 174 Å². The number of rotatable bonds is 8. The standard InChI is InChI=1S/C20H26N2O8/c1-6-27-15(23)12-10-19(5,17(25)29-8-3)20(11-21,18(26)30-9-4)14(22)13(12)16(24)28-7-2/h10H,6-9,22H2,1-5H3. The molecule has 0 bridgehead atoms. The van der Waals surface area contributed by atoms with Gasteiger partial charge in [0.1, 0.15) is 5.41 Å². The van der Waals surface area contributed by atoms with E-state index in [1.165, 1.54) is 27.7 Å².